The molecule has 1 rings (SSSR count). The molecular formula is C10H18BrN3O2. The average Bonchev–Trinajstić information content (AvgIpc) is 2.57. The Hall–Kier alpha value is -0.430. The first-order valence-corrected chi connectivity index (χ1v) is 6.10. The van der Waals surface area contributed by atoms with Gasteiger partial charge >= 0.3 is 0 Å². The molecule has 92 valence electrons. The van der Waals surface area contributed by atoms with Gasteiger partial charge in [0.25, 0.3) is 0 Å². The molecule has 0 aliphatic heterocycles. The number of aromatic nitrogens is 2. The van der Waals surface area contributed by atoms with Crippen LogP contribution in [0.1, 0.15) is 18.3 Å². The van der Waals surface area contributed by atoms with E-state index in [1.807, 2.05) is 18.5 Å². The summed E-state index contributed by atoms with van der Waals surface area (Å²) in [6.45, 7) is 5.18. The minimum Gasteiger partial charge on any atom is -0.395 e. The van der Waals surface area contributed by atoms with Gasteiger partial charge in [0.05, 0.1) is 35.1 Å². The largest absolute Gasteiger partial charge is 0.395 e. The molecule has 5 nitrogen and oxygen atoms in total. The maximum atomic E-state index is 8.95. The van der Waals surface area contributed by atoms with Crippen molar-refractivity contribution in [2.75, 3.05) is 13.2 Å². The van der Waals surface area contributed by atoms with Crippen LogP contribution >= 0.6 is 15.9 Å². The molecule has 0 amide bonds. The van der Waals surface area contributed by atoms with E-state index in [4.69, 9.17) is 10.2 Å². The second-order valence-corrected chi connectivity index (χ2v) is 4.40. The fourth-order valence-corrected chi connectivity index (χ4v) is 1.89. The van der Waals surface area contributed by atoms with Crippen LogP contribution in [0.5, 0.6) is 0 Å². The number of hydrogen-bond acceptors (Lipinski definition) is 4. The molecule has 0 unspecified atom stereocenters. The molecule has 0 fully saturated rings. The van der Waals surface area contributed by atoms with Crippen LogP contribution in [0.3, 0.4) is 0 Å². The van der Waals surface area contributed by atoms with E-state index >= 15 is 0 Å². The Balaban J connectivity index is 2.72. The van der Waals surface area contributed by atoms with Crippen molar-refractivity contribution in [1.29, 1.82) is 0 Å². The second kappa shape index (κ2) is 6.34. The van der Waals surface area contributed by atoms with Gasteiger partial charge in [-0.25, -0.2) is 0 Å². The zero-order chi connectivity index (χ0) is 12.1. The lowest BCUT2D eigenvalue weighted by molar-refractivity contribution is 0.169. The second-order valence-electron chi connectivity index (χ2n) is 3.60. The zero-order valence-electron chi connectivity index (χ0n) is 9.57. The highest BCUT2D eigenvalue weighted by Gasteiger charge is 2.13. The van der Waals surface area contributed by atoms with E-state index in [2.05, 4.69) is 26.3 Å². The standard InChI is InChI=1S/C10H18BrN3O2/c1-3-14-9(10(11)7(2)13-14)4-12-8(5-15)6-16/h8,12,15-16H,3-6H2,1-2H3. The summed E-state index contributed by atoms with van der Waals surface area (Å²) < 4.78 is 2.88. The van der Waals surface area contributed by atoms with Gasteiger partial charge in [-0.3, -0.25) is 4.68 Å². The average molecular weight is 292 g/mol. The number of nitrogens with zero attached hydrogens (tertiary/aromatic N) is 2. The van der Waals surface area contributed by atoms with E-state index < -0.39 is 0 Å². The number of nitrogens with one attached hydrogen (secondary N) is 1. The number of rotatable bonds is 6. The first kappa shape index (κ1) is 13.6. The molecule has 1 aromatic heterocycles. The van der Waals surface area contributed by atoms with Crippen molar-refractivity contribution in [1.82, 2.24) is 15.1 Å². The topological polar surface area (TPSA) is 70.3 Å². The number of aryl methyl sites for hydroxylation is 2. The van der Waals surface area contributed by atoms with Gasteiger partial charge < -0.3 is 15.5 Å². The van der Waals surface area contributed by atoms with E-state index in [9.17, 15) is 0 Å². The Morgan fingerprint density at radius 2 is 2.06 bits per heavy atom. The molecule has 0 aliphatic carbocycles. The molecule has 16 heavy (non-hydrogen) atoms. The molecule has 0 aromatic carbocycles. The maximum Gasteiger partial charge on any atom is 0.0739 e. The number of aliphatic hydroxyl groups is 2. The van der Waals surface area contributed by atoms with Gasteiger partial charge in [0.15, 0.2) is 0 Å². The van der Waals surface area contributed by atoms with Gasteiger partial charge in [0, 0.05) is 13.1 Å². The normalized spacial score (nSPS) is 11.4. The fourth-order valence-electron chi connectivity index (χ4n) is 1.47. The summed E-state index contributed by atoms with van der Waals surface area (Å²) in [5.74, 6) is 0. The highest BCUT2D eigenvalue weighted by Crippen LogP contribution is 2.20. The molecule has 0 bridgehead atoms. The van der Waals surface area contributed by atoms with Gasteiger partial charge in [-0.1, -0.05) is 0 Å². The van der Waals surface area contributed by atoms with E-state index in [1.54, 1.807) is 0 Å². The third-order valence-electron chi connectivity index (χ3n) is 2.45. The Kier molecular flexibility index (Phi) is 5.40. The SMILES string of the molecule is CCn1nc(C)c(Br)c1CNC(CO)CO. The van der Waals surface area contributed by atoms with Crippen molar-refractivity contribution in [3.8, 4) is 0 Å². The van der Waals surface area contributed by atoms with Gasteiger partial charge in [-0.2, -0.15) is 5.10 Å². The highest BCUT2D eigenvalue weighted by atomic mass is 79.9. The summed E-state index contributed by atoms with van der Waals surface area (Å²) in [4.78, 5) is 0. The molecule has 6 heteroatoms. The van der Waals surface area contributed by atoms with Crippen LogP contribution in [0.2, 0.25) is 0 Å². The van der Waals surface area contributed by atoms with E-state index in [0.29, 0.717) is 6.54 Å². The molecule has 0 saturated heterocycles. The van der Waals surface area contributed by atoms with Crippen LogP contribution in [-0.4, -0.2) is 39.2 Å². The third kappa shape index (κ3) is 3.04. The van der Waals surface area contributed by atoms with Crippen LogP contribution in [0.15, 0.2) is 4.47 Å². The van der Waals surface area contributed by atoms with Crippen LogP contribution in [0.25, 0.3) is 0 Å². The lowest BCUT2D eigenvalue weighted by atomic mass is 10.3. The molecular weight excluding hydrogens is 274 g/mol. The molecule has 0 atom stereocenters. The number of aliphatic hydroxyl groups excluding tert-OH is 2. The predicted molar refractivity (Wildman–Crippen MR) is 65.1 cm³/mol. The van der Waals surface area contributed by atoms with Crippen LogP contribution in [-0.2, 0) is 13.1 Å². The van der Waals surface area contributed by atoms with Crippen LogP contribution in [0.4, 0.5) is 0 Å². The zero-order valence-corrected chi connectivity index (χ0v) is 11.2. The first-order valence-electron chi connectivity index (χ1n) is 5.30. The maximum absolute atomic E-state index is 8.95. The quantitative estimate of drug-likeness (QED) is 0.710. The van der Waals surface area contributed by atoms with E-state index in [0.717, 1.165) is 22.4 Å². The van der Waals surface area contributed by atoms with Crippen molar-refractivity contribution in [2.24, 2.45) is 0 Å². The van der Waals surface area contributed by atoms with Gasteiger partial charge in [0.1, 0.15) is 0 Å². The van der Waals surface area contributed by atoms with Gasteiger partial charge in [-0.15, -0.1) is 0 Å². The van der Waals surface area contributed by atoms with Crippen molar-refractivity contribution >= 4 is 15.9 Å². The van der Waals surface area contributed by atoms with Gasteiger partial charge in [0.2, 0.25) is 0 Å². The summed E-state index contributed by atoms with van der Waals surface area (Å²) in [6.07, 6.45) is 0. The molecule has 1 aromatic rings. The Labute approximate surface area is 104 Å². The van der Waals surface area contributed by atoms with Crippen molar-refractivity contribution in [2.45, 2.75) is 33.0 Å². The Morgan fingerprint density at radius 3 is 2.56 bits per heavy atom. The van der Waals surface area contributed by atoms with Crippen LogP contribution in [0, 0.1) is 6.92 Å². The predicted octanol–water partition coefficient (Wildman–Crippen LogP) is 0.417. The molecule has 3 N–H and O–H groups in total. The molecule has 0 saturated carbocycles. The first-order chi connectivity index (χ1) is 7.63. The molecule has 0 aliphatic rings. The number of hydrogen-bond donors (Lipinski definition) is 3. The van der Waals surface area contributed by atoms with E-state index in [1.165, 1.54) is 0 Å². The lowest BCUT2D eigenvalue weighted by Crippen LogP contribution is -2.35. The summed E-state index contributed by atoms with van der Waals surface area (Å²) in [7, 11) is 0. The molecule has 0 spiro atoms. The third-order valence-corrected chi connectivity index (χ3v) is 3.48. The molecule has 0 radical (unpaired) electrons. The summed E-state index contributed by atoms with van der Waals surface area (Å²) >= 11 is 3.49. The monoisotopic (exact) mass is 291 g/mol. The van der Waals surface area contributed by atoms with E-state index in [-0.39, 0.29) is 19.3 Å². The summed E-state index contributed by atoms with van der Waals surface area (Å²) in [6, 6.07) is -0.285. The minimum atomic E-state index is -0.285. The van der Waals surface area contributed by atoms with Crippen molar-refractivity contribution < 1.29 is 10.2 Å². The highest BCUT2D eigenvalue weighted by molar-refractivity contribution is 9.10. The molecule has 1 heterocycles. The van der Waals surface area contributed by atoms with Crippen LogP contribution < -0.4 is 5.32 Å². The minimum absolute atomic E-state index is 0.0760. The van der Waals surface area contributed by atoms with Gasteiger partial charge in [-0.05, 0) is 29.8 Å². The summed E-state index contributed by atoms with van der Waals surface area (Å²) in [5, 5.41) is 25.3. The lowest BCUT2D eigenvalue weighted by Gasteiger charge is -2.14. The summed E-state index contributed by atoms with van der Waals surface area (Å²) in [5.41, 5.74) is 1.98. The van der Waals surface area contributed by atoms with Crippen molar-refractivity contribution in [3.63, 3.8) is 0 Å². The number of halogens is 1. The smallest absolute Gasteiger partial charge is 0.0739 e. The fraction of sp³-hybridized carbons (Fsp3) is 0.700. The Morgan fingerprint density at radius 1 is 1.44 bits per heavy atom. The van der Waals surface area contributed by atoms with Crippen molar-refractivity contribution in [3.05, 3.63) is 15.9 Å². The Bertz CT molecular complexity index is 337.